The minimum Gasteiger partial charge on any atom is -0.496 e. The van der Waals surface area contributed by atoms with Crippen molar-refractivity contribution in [2.24, 2.45) is 0 Å². The van der Waals surface area contributed by atoms with Gasteiger partial charge in [-0.15, -0.1) is 0 Å². The third kappa shape index (κ3) is 3.02. The molecule has 0 N–H and O–H groups in total. The largest absolute Gasteiger partial charge is 0.496 e. The summed E-state index contributed by atoms with van der Waals surface area (Å²) in [5, 5.41) is 17.2. The van der Waals surface area contributed by atoms with E-state index >= 15 is 0 Å². The maximum Gasteiger partial charge on any atom is 0.416 e. The number of benzene rings is 1. The van der Waals surface area contributed by atoms with Crippen molar-refractivity contribution in [3.8, 4) is 17.9 Å². The van der Waals surface area contributed by atoms with Crippen molar-refractivity contribution in [3.63, 3.8) is 0 Å². The number of nitriles is 2. The summed E-state index contributed by atoms with van der Waals surface area (Å²) in [6.45, 7) is 0. The summed E-state index contributed by atoms with van der Waals surface area (Å²) >= 11 is 0. The Kier molecular flexibility index (Phi) is 3.96. The van der Waals surface area contributed by atoms with Crippen LogP contribution < -0.4 is 4.74 Å². The molecular formula is C12H7F3N2O. The summed E-state index contributed by atoms with van der Waals surface area (Å²) in [4.78, 5) is 0. The van der Waals surface area contributed by atoms with Gasteiger partial charge in [0.05, 0.1) is 12.7 Å². The van der Waals surface area contributed by atoms with Crippen molar-refractivity contribution in [2.45, 2.75) is 6.18 Å². The zero-order chi connectivity index (χ0) is 13.8. The van der Waals surface area contributed by atoms with E-state index in [1.54, 1.807) is 12.1 Å². The molecule has 1 aromatic carbocycles. The van der Waals surface area contributed by atoms with Crippen LogP contribution in [0.15, 0.2) is 23.8 Å². The van der Waals surface area contributed by atoms with Gasteiger partial charge in [-0.25, -0.2) is 0 Å². The number of hydrogen-bond acceptors (Lipinski definition) is 3. The van der Waals surface area contributed by atoms with Crippen LogP contribution >= 0.6 is 0 Å². The normalized spacial score (nSPS) is 10.1. The first-order valence-corrected chi connectivity index (χ1v) is 4.69. The van der Waals surface area contributed by atoms with Gasteiger partial charge in [0.1, 0.15) is 23.5 Å². The lowest BCUT2D eigenvalue weighted by Crippen LogP contribution is -2.05. The average Bonchev–Trinajstić information content (AvgIpc) is 2.34. The SMILES string of the molecule is COc1ccc(C(F)(F)F)cc1C=C(C#N)C#N. The number of nitrogens with zero attached hydrogens (tertiary/aromatic N) is 2. The van der Waals surface area contributed by atoms with Crippen LogP contribution in [0.5, 0.6) is 5.75 Å². The molecule has 0 heterocycles. The predicted octanol–water partition coefficient (Wildman–Crippen LogP) is 3.14. The van der Waals surface area contributed by atoms with Gasteiger partial charge in [0.15, 0.2) is 0 Å². The van der Waals surface area contributed by atoms with Gasteiger partial charge in [-0.2, -0.15) is 23.7 Å². The monoisotopic (exact) mass is 252 g/mol. The molecule has 18 heavy (non-hydrogen) atoms. The molecule has 0 fully saturated rings. The Balaban J connectivity index is 3.38. The molecule has 0 aliphatic rings. The molecule has 0 saturated carbocycles. The summed E-state index contributed by atoms with van der Waals surface area (Å²) in [7, 11) is 1.29. The van der Waals surface area contributed by atoms with E-state index < -0.39 is 11.7 Å². The first-order valence-electron chi connectivity index (χ1n) is 4.69. The molecule has 3 nitrogen and oxygen atoms in total. The molecule has 1 aromatic rings. The number of rotatable bonds is 2. The Morgan fingerprint density at radius 2 is 1.89 bits per heavy atom. The van der Waals surface area contributed by atoms with Crippen LogP contribution in [0.1, 0.15) is 11.1 Å². The van der Waals surface area contributed by atoms with Gasteiger partial charge in [-0.3, -0.25) is 0 Å². The fourth-order valence-electron chi connectivity index (χ4n) is 1.27. The number of halogens is 3. The fourth-order valence-corrected chi connectivity index (χ4v) is 1.27. The second-order valence-electron chi connectivity index (χ2n) is 3.24. The number of ether oxygens (including phenoxy) is 1. The molecular weight excluding hydrogens is 245 g/mol. The van der Waals surface area contributed by atoms with Crippen molar-refractivity contribution in [1.29, 1.82) is 10.5 Å². The molecule has 0 spiro atoms. The number of hydrogen-bond donors (Lipinski definition) is 0. The highest BCUT2D eigenvalue weighted by atomic mass is 19.4. The molecule has 0 aliphatic carbocycles. The average molecular weight is 252 g/mol. The summed E-state index contributed by atoms with van der Waals surface area (Å²) in [5.74, 6) is 0.158. The molecule has 92 valence electrons. The van der Waals surface area contributed by atoms with Crippen molar-refractivity contribution < 1.29 is 17.9 Å². The molecule has 0 bridgehead atoms. The topological polar surface area (TPSA) is 56.8 Å². The maximum atomic E-state index is 12.5. The Morgan fingerprint density at radius 1 is 1.28 bits per heavy atom. The minimum atomic E-state index is -4.49. The molecule has 0 aliphatic heterocycles. The highest BCUT2D eigenvalue weighted by Crippen LogP contribution is 2.33. The lowest BCUT2D eigenvalue weighted by molar-refractivity contribution is -0.137. The standard InChI is InChI=1S/C12H7F3N2O/c1-18-11-3-2-10(12(13,14)15)5-9(11)4-8(6-16)7-17/h2-5H,1H3. The van der Waals surface area contributed by atoms with Crippen LogP contribution in [0.4, 0.5) is 13.2 Å². The number of alkyl halides is 3. The lowest BCUT2D eigenvalue weighted by Gasteiger charge is -2.10. The number of methoxy groups -OCH3 is 1. The van der Waals surface area contributed by atoms with E-state index in [4.69, 9.17) is 15.3 Å². The van der Waals surface area contributed by atoms with Crippen molar-refractivity contribution in [2.75, 3.05) is 7.11 Å². The smallest absolute Gasteiger partial charge is 0.416 e. The molecule has 0 atom stereocenters. The molecule has 0 aromatic heterocycles. The summed E-state index contributed by atoms with van der Waals surface area (Å²) in [5.41, 5.74) is -1.14. The maximum absolute atomic E-state index is 12.5. The molecule has 0 unspecified atom stereocenters. The molecule has 0 saturated heterocycles. The van der Waals surface area contributed by atoms with E-state index in [1.807, 2.05) is 0 Å². The third-order valence-electron chi connectivity index (χ3n) is 2.10. The van der Waals surface area contributed by atoms with Crippen molar-refractivity contribution in [1.82, 2.24) is 0 Å². The second-order valence-corrected chi connectivity index (χ2v) is 3.24. The van der Waals surface area contributed by atoms with Crippen molar-refractivity contribution >= 4 is 6.08 Å². The van der Waals surface area contributed by atoms with E-state index in [2.05, 4.69) is 0 Å². The Labute approximate surface area is 101 Å². The zero-order valence-corrected chi connectivity index (χ0v) is 9.25. The summed E-state index contributed by atoms with van der Waals surface area (Å²) < 4.78 is 42.4. The first kappa shape index (κ1) is 13.6. The van der Waals surface area contributed by atoms with E-state index in [-0.39, 0.29) is 16.9 Å². The second kappa shape index (κ2) is 5.24. The van der Waals surface area contributed by atoms with Crippen LogP contribution in [0.25, 0.3) is 6.08 Å². The molecule has 6 heteroatoms. The van der Waals surface area contributed by atoms with Gasteiger partial charge in [-0.05, 0) is 24.3 Å². The Hall–Kier alpha value is -2.47. The van der Waals surface area contributed by atoms with E-state index in [9.17, 15) is 13.2 Å². The zero-order valence-electron chi connectivity index (χ0n) is 9.25. The van der Waals surface area contributed by atoms with Crippen LogP contribution in [0, 0.1) is 22.7 Å². The highest BCUT2D eigenvalue weighted by molar-refractivity contribution is 5.67. The van der Waals surface area contributed by atoms with Gasteiger partial charge < -0.3 is 4.74 Å². The quantitative estimate of drug-likeness (QED) is 0.759. The summed E-state index contributed by atoms with van der Waals surface area (Å²) in [6, 6.07) is 5.98. The van der Waals surface area contributed by atoms with Gasteiger partial charge in [-0.1, -0.05) is 0 Å². The van der Waals surface area contributed by atoms with Crippen molar-refractivity contribution in [3.05, 3.63) is 34.9 Å². The lowest BCUT2D eigenvalue weighted by atomic mass is 10.1. The van der Waals surface area contributed by atoms with E-state index in [0.29, 0.717) is 0 Å². The molecule has 1 rings (SSSR count). The van der Waals surface area contributed by atoms with E-state index in [0.717, 1.165) is 24.3 Å². The number of allylic oxidation sites excluding steroid dienone is 1. The Bertz CT molecular complexity index is 546. The van der Waals surface area contributed by atoms with Crippen LogP contribution in [0.3, 0.4) is 0 Å². The van der Waals surface area contributed by atoms with Gasteiger partial charge in [0.2, 0.25) is 0 Å². The Morgan fingerprint density at radius 3 is 2.33 bits per heavy atom. The van der Waals surface area contributed by atoms with Gasteiger partial charge in [0, 0.05) is 5.56 Å². The summed E-state index contributed by atoms with van der Waals surface area (Å²) in [6.07, 6.45) is -3.44. The highest BCUT2D eigenvalue weighted by Gasteiger charge is 2.30. The van der Waals surface area contributed by atoms with Crippen LogP contribution in [0.2, 0.25) is 0 Å². The predicted molar refractivity (Wildman–Crippen MR) is 57.2 cm³/mol. The minimum absolute atomic E-state index is 0.0328. The van der Waals surface area contributed by atoms with E-state index in [1.165, 1.54) is 7.11 Å². The van der Waals surface area contributed by atoms with Gasteiger partial charge >= 0.3 is 6.18 Å². The fraction of sp³-hybridized carbons (Fsp3) is 0.167. The van der Waals surface area contributed by atoms with Crippen LogP contribution in [-0.2, 0) is 6.18 Å². The molecule has 0 radical (unpaired) electrons. The van der Waals surface area contributed by atoms with Gasteiger partial charge in [0.25, 0.3) is 0 Å². The molecule has 0 amide bonds. The first-order chi connectivity index (χ1) is 8.42. The van der Waals surface area contributed by atoms with Crippen LogP contribution in [-0.4, -0.2) is 7.11 Å². The third-order valence-corrected chi connectivity index (χ3v) is 2.10.